The summed E-state index contributed by atoms with van der Waals surface area (Å²) >= 11 is 1.43. The lowest BCUT2D eigenvalue weighted by atomic mass is 10.1. The predicted octanol–water partition coefficient (Wildman–Crippen LogP) is 2.70. The number of hydrogen-bond acceptors (Lipinski definition) is 4. The number of aryl methyl sites for hydroxylation is 1. The summed E-state index contributed by atoms with van der Waals surface area (Å²) in [6, 6.07) is 6.40. The van der Waals surface area contributed by atoms with Crippen molar-refractivity contribution in [2.24, 2.45) is 0 Å². The maximum absolute atomic E-state index is 12.8. The third kappa shape index (κ3) is 4.82. The molecule has 1 N–H and O–H groups in total. The average molecular weight is 305 g/mol. The number of nitrogens with one attached hydrogen (secondary N) is 1. The van der Waals surface area contributed by atoms with Crippen LogP contribution in [0.15, 0.2) is 41.8 Å². The lowest BCUT2D eigenvalue weighted by molar-refractivity contribution is 0.0952. The molecule has 4 nitrogen and oxygen atoms in total. The van der Waals surface area contributed by atoms with E-state index in [0.29, 0.717) is 17.3 Å². The van der Waals surface area contributed by atoms with E-state index in [1.165, 1.54) is 36.3 Å². The standard InChI is InChI=1S/C15H16FN3OS/c1-21-15-18-9-12(10-19-15)14(20)17-8-2-3-11-4-6-13(16)7-5-11/h4-7,9-10H,2-3,8H2,1H3,(H,17,20). The second-order valence-corrected chi connectivity index (χ2v) is 5.22. The first-order chi connectivity index (χ1) is 10.2. The second kappa shape index (κ2) is 7.73. The molecule has 0 saturated carbocycles. The molecule has 0 spiro atoms. The van der Waals surface area contributed by atoms with Gasteiger partial charge in [-0.15, -0.1) is 0 Å². The lowest BCUT2D eigenvalue weighted by Crippen LogP contribution is -2.25. The first kappa shape index (κ1) is 15.4. The van der Waals surface area contributed by atoms with Crippen molar-refractivity contribution in [3.63, 3.8) is 0 Å². The number of carbonyl (C=O) groups excluding carboxylic acids is 1. The summed E-state index contributed by atoms with van der Waals surface area (Å²) in [6.07, 6.45) is 6.51. The van der Waals surface area contributed by atoms with Gasteiger partial charge >= 0.3 is 0 Å². The molecular formula is C15H16FN3OS. The fraction of sp³-hybridized carbons (Fsp3) is 0.267. The van der Waals surface area contributed by atoms with E-state index in [2.05, 4.69) is 15.3 Å². The SMILES string of the molecule is CSc1ncc(C(=O)NCCCc2ccc(F)cc2)cn1. The number of aromatic nitrogens is 2. The number of amides is 1. The van der Waals surface area contributed by atoms with Gasteiger partial charge in [-0.1, -0.05) is 23.9 Å². The Morgan fingerprint density at radius 1 is 1.24 bits per heavy atom. The molecular weight excluding hydrogens is 289 g/mol. The van der Waals surface area contributed by atoms with Crippen LogP contribution < -0.4 is 5.32 Å². The zero-order valence-electron chi connectivity index (χ0n) is 11.7. The van der Waals surface area contributed by atoms with Crippen LogP contribution in [0.2, 0.25) is 0 Å². The van der Waals surface area contributed by atoms with E-state index >= 15 is 0 Å². The first-order valence-electron chi connectivity index (χ1n) is 6.57. The fourth-order valence-electron chi connectivity index (χ4n) is 1.79. The molecule has 110 valence electrons. The van der Waals surface area contributed by atoms with Gasteiger partial charge in [-0.25, -0.2) is 14.4 Å². The number of rotatable bonds is 6. The van der Waals surface area contributed by atoms with Crippen LogP contribution >= 0.6 is 11.8 Å². The van der Waals surface area contributed by atoms with Crippen molar-refractivity contribution in [1.29, 1.82) is 0 Å². The molecule has 1 aromatic heterocycles. The summed E-state index contributed by atoms with van der Waals surface area (Å²) < 4.78 is 12.8. The molecule has 0 saturated heterocycles. The van der Waals surface area contributed by atoms with Crippen LogP contribution in [0.1, 0.15) is 22.3 Å². The van der Waals surface area contributed by atoms with E-state index in [0.717, 1.165) is 18.4 Å². The molecule has 0 aliphatic heterocycles. The maximum atomic E-state index is 12.8. The van der Waals surface area contributed by atoms with Gasteiger partial charge in [0.1, 0.15) is 5.82 Å². The zero-order chi connectivity index (χ0) is 15.1. The number of benzene rings is 1. The monoisotopic (exact) mass is 305 g/mol. The Kier molecular flexibility index (Phi) is 5.68. The van der Waals surface area contributed by atoms with Crippen molar-refractivity contribution in [1.82, 2.24) is 15.3 Å². The van der Waals surface area contributed by atoms with Crippen molar-refractivity contribution in [3.05, 3.63) is 53.6 Å². The predicted molar refractivity (Wildman–Crippen MR) is 80.9 cm³/mol. The summed E-state index contributed by atoms with van der Waals surface area (Å²) in [5, 5.41) is 3.46. The van der Waals surface area contributed by atoms with E-state index in [9.17, 15) is 9.18 Å². The molecule has 0 atom stereocenters. The molecule has 2 rings (SSSR count). The molecule has 21 heavy (non-hydrogen) atoms. The van der Waals surface area contributed by atoms with Gasteiger partial charge in [0.25, 0.3) is 5.91 Å². The number of hydrogen-bond donors (Lipinski definition) is 1. The highest BCUT2D eigenvalue weighted by Crippen LogP contribution is 2.07. The van der Waals surface area contributed by atoms with Crippen molar-refractivity contribution in [2.75, 3.05) is 12.8 Å². The van der Waals surface area contributed by atoms with Crippen molar-refractivity contribution in [3.8, 4) is 0 Å². The van der Waals surface area contributed by atoms with Gasteiger partial charge in [-0.05, 0) is 36.8 Å². The van der Waals surface area contributed by atoms with Crippen molar-refractivity contribution in [2.45, 2.75) is 18.0 Å². The normalized spacial score (nSPS) is 10.4. The molecule has 0 unspecified atom stereocenters. The molecule has 0 aliphatic rings. The van der Waals surface area contributed by atoms with Gasteiger partial charge < -0.3 is 5.32 Å². The molecule has 0 radical (unpaired) electrons. The van der Waals surface area contributed by atoms with Crippen LogP contribution in [-0.2, 0) is 6.42 Å². The average Bonchev–Trinajstić information content (AvgIpc) is 2.53. The highest BCUT2D eigenvalue weighted by atomic mass is 32.2. The number of carbonyl (C=O) groups is 1. The topological polar surface area (TPSA) is 54.9 Å². The highest BCUT2D eigenvalue weighted by Gasteiger charge is 2.06. The van der Waals surface area contributed by atoms with E-state index in [1.807, 2.05) is 6.26 Å². The highest BCUT2D eigenvalue weighted by molar-refractivity contribution is 7.98. The van der Waals surface area contributed by atoms with Gasteiger partial charge in [0, 0.05) is 18.9 Å². The quantitative estimate of drug-likeness (QED) is 0.506. The molecule has 0 bridgehead atoms. The molecule has 6 heteroatoms. The molecule has 0 fully saturated rings. The van der Waals surface area contributed by atoms with Crippen LogP contribution in [0.4, 0.5) is 4.39 Å². The van der Waals surface area contributed by atoms with Crippen LogP contribution in [0.5, 0.6) is 0 Å². The van der Waals surface area contributed by atoms with Gasteiger partial charge in [0.05, 0.1) is 5.56 Å². The number of halogens is 1. The van der Waals surface area contributed by atoms with E-state index < -0.39 is 0 Å². The Bertz CT molecular complexity index is 587. The third-order valence-corrected chi connectivity index (χ3v) is 3.49. The maximum Gasteiger partial charge on any atom is 0.254 e. The molecule has 1 heterocycles. The minimum absolute atomic E-state index is 0.179. The van der Waals surface area contributed by atoms with Crippen LogP contribution in [0, 0.1) is 5.82 Å². The summed E-state index contributed by atoms with van der Waals surface area (Å²) in [7, 11) is 0. The van der Waals surface area contributed by atoms with Crippen LogP contribution in [0.3, 0.4) is 0 Å². The van der Waals surface area contributed by atoms with Gasteiger partial charge in [-0.3, -0.25) is 4.79 Å². The Labute approximate surface area is 127 Å². The van der Waals surface area contributed by atoms with Crippen LogP contribution in [0.25, 0.3) is 0 Å². The summed E-state index contributed by atoms with van der Waals surface area (Å²) in [4.78, 5) is 20.0. The van der Waals surface area contributed by atoms with Gasteiger partial charge in [0.15, 0.2) is 5.16 Å². The molecule has 1 aromatic carbocycles. The largest absolute Gasteiger partial charge is 0.352 e. The van der Waals surface area contributed by atoms with Crippen LogP contribution in [-0.4, -0.2) is 28.7 Å². The molecule has 0 aliphatic carbocycles. The van der Waals surface area contributed by atoms with Crippen molar-refractivity contribution < 1.29 is 9.18 Å². The molecule has 1 amide bonds. The summed E-state index contributed by atoms with van der Waals surface area (Å²) in [5.41, 5.74) is 1.51. The zero-order valence-corrected chi connectivity index (χ0v) is 12.5. The Hall–Kier alpha value is -1.95. The number of nitrogens with zero attached hydrogens (tertiary/aromatic N) is 2. The van der Waals surface area contributed by atoms with Crippen molar-refractivity contribution >= 4 is 17.7 Å². The number of thioether (sulfide) groups is 1. The third-order valence-electron chi connectivity index (χ3n) is 2.91. The lowest BCUT2D eigenvalue weighted by Gasteiger charge is -2.05. The second-order valence-electron chi connectivity index (χ2n) is 4.44. The van der Waals surface area contributed by atoms with Gasteiger partial charge in [-0.2, -0.15) is 0 Å². The fourth-order valence-corrected chi connectivity index (χ4v) is 2.10. The smallest absolute Gasteiger partial charge is 0.254 e. The van der Waals surface area contributed by atoms with Gasteiger partial charge in [0.2, 0.25) is 0 Å². The Balaban J connectivity index is 1.74. The molecule has 2 aromatic rings. The minimum Gasteiger partial charge on any atom is -0.352 e. The Morgan fingerprint density at radius 2 is 1.90 bits per heavy atom. The first-order valence-corrected chi connectivity index (χ1v) is 7.80. The Morgan fingerprint density at radius 3 is 2.52 bits per heavy atom. The van der Waals surface area contributed by atoms with E-state index in [-0.39, 0.29) is 11.7 Å². The van der Waals surface area contributed by atoms with E-state index in [1.54, 1.807) is 12.1 Å². The summed E-state index contributed by atoms with van der Waals surface area (Å²) in [6.45, 7) is 0.556. The summed E-state index contributed by atoms with van der Waals surface area (Å²) in [5.74, 6) is -0.414. The van der Waals surface area contributed by atoms with E-state index in [4.69, 9.17) is 0 Å². The minimum atomic E-state index is -0.235.